The van der Waals surface area contributed by atoms with Gasteiger partial charge < -0.3 is 20.2 Å². The second-order valence-electron chi connectivity index (χ2n) is 5.31. The quantitative estimate of drug-likeness (QED) is 0.896. The van der Waals surface area contributed by atoms with E-state index < -0.39 is 5.43 Å². The summed E-state index contributed by atoms with van der Waals surface area (Å²) in [6, 6.07) is 9.58. The maximum atomic E-state index is 11.5. The molecule has 2 heterocycles. The zero-order valence-corrected chi connectivity index (χ0v) is 11.7. The Bertz CT molecular complexity index is 696. The van der Waals surface area contributed by atoms with Crippen molar-refractivity contribution in [3.05, 3.63) is 58.1 Å². The van der Waals surface area contributed by atoms with E-state index in [2.05, 4.69) is 17.0 Å². The molecule has 0 aliphatic carbocycles. The number of hydrogen-bond donors (Lipinski definition) is 2. The molecule has 0 spiro atoms. The maximum Gasteiger partial charge on any atom is 0.226 e. The molecule has 3 rings (SSSR count). The minimum Gasteiger partial charge on any atom is -0.502 e. The molecule has 21 heavy (non-hydrogen) atoms. The summed E-state index contributed by atoms with van der Waals surface area (Å²) in [5.41, 5.74) is 7.73. The fraction of sp³-hybridized carbons (Fsp3) is 0.312. The van der Waals surface area contributed by atoms with E-state index in [1.165, 1.54) is 11.6 Å². The van der Waals surface area contributed by atoms with Gasteiger partial charge in [0.1, 0.15) is 12.0 Å². The molecular weight excluding hydrogens is 268 g/mol. The monoisotopic (exact) mass is 286 g/mol. The van der Waals surface area contributed by atoms with Crippen molar-refractivity contribution in [1.29, 1.82) is 0 Å². The highest BCUT2D eigenvalue weighted by Gasteiger charge is 2.28. The van der Waals surface area contributed by atoms with Gasteiger partial charge >= 0.3 is 0 Å². The number of para-hydroxylation sites is 1. The van der Waals surface area contributed by atoms with E-state index in [9.17, 15) is 9.90 Å². The molecule has 1 aliphatic heterocycles. The first kappa shape index (κ1) is 13.7. The van der Waals surface area contributed by atoms with Gasteiger partial charge in [-0.05, 0) is 24.6 Å². The van der Waals surface area contributed by atoms with E-state index in [-0.39, 0.29) is 5.75 Å². The smallest absolute Gasteiger partial charge is 0.226 e. The van der Waals surface area contributed by atoms with Gasteiger partial charge in [-0.3, -0.25) is 4.79 Å². The van der Waals surface area contributed by atoms with Gasteiger partial charge in [0, 0.05) is 24.2 Å². The normalized spacial score (nSPS) is 17.0. The molecule has 1 atom stereocenters. The van der Waals surface area contributed by atoms with E-state index >= 15 is 0 Å². The lowest BCUT2D eigenvalue weighted by Gasteiger charge is -2.19. The number of aromatic hydroxyl groups is 1. The van der Waals surface area contributed by atoms with Gasteiger partial charge in [0.2, 0.25) is 5.43 Å². The lowest BCUT2D eigenvalue weighted by molar-refractivity contribution is 0.411. The Morgan fingerprint density at radius 1 is 1.38 bits per heavy atom. The molecule has 5 heteroatoms. The maximum absolute atomic E-state index is 11.5. The Kier molecular flexibility index (Phi) is 3.66. The van der Waals surface area contributed by atoms with Gasteiger partial charge in [-0.2, -0.15) is 0 Å². The van der Waals surface area contributed by atoms with Crippen LogP contribution in [0.2, 0.25) is 0 Å². The molecule has 1 aromatic carbocycles. The van der Waals surface area contributed by atoms with E-state index in [0.29, 0.717) is 24.8 Å². The Hall–Kier alpha value is -2.27. The number of benzene rings is 1. The molecule has 110 valence electrons. The Morgan fingerprint density at radius 2 is 2.19 bits per heavy atom. The van der Waals surface area contributed by atoms with Gasteiger partial charge in [-0.25, -0.2) is 0 Å². The van der Waals surface area contributed by atoms with Crippen molar-refractivity contribution in [3.8, 4) is 5.75 Å². The van der Waals surface area contributed by atoms with Crippen molar-refractivity contribution in [2.24, 2.45) is 5.73 Å². The second-order valence-corrected chi connectivity index (χ2v) is 5.31. The number of anilines is 1. The summed E-state index contributed by atoms with van der Waals surface area (Å²) in [5, 5.41) is 9.24. The third kappa shape index (κ3) is 2.64. The van der Waals surface area contributed by atoms with Crippen LogP contribution >= 0.6 is 0 Å². The minimum absolute atomic E-state index is 0.360. The standard InChI is InChI=1S/C16H18N2O3/c17-6-5-11-8-18(14-4-2-1-3-13(11)14)9-12-7-15(19)16(20)10-21-12/h1-4,7,10-11,20H,5-6,8-9,17H2. The first-order chi connectivity index (χ1) is 10.2. The fourth-order valence-electron chi connectivity index (χ4n) is 2.90. The SMILES string of the molecule is NCCC1CN(Cc2cc(=O)c(O)co2)c2ccccc21. The van der Waals surface area contributed by atoms with Crippen LogP contribution in [-0.2, 0) is 6.54 Å². The third-order valence-electron chi connectivity index (χ3n) is 3.89. The van der Waals surface area contributed by atoms with Gasteiger partial charge in [-0.15, -0.1) is 0 Å². The van der Waals surface area contributed by atoms with Crippen LogP contribution < -0.4 is 16.1 Å². The van der Waals surface area contributed by atoms with E-state index in [1.54, 1.807) is 0 Å². The van der Waals surface area contributed by atoms with Crippen molar-refractivity contribution >= 4 is 5.69 Å². The highest BCUT2D eigenvalue weighted by molar-refractivity contribution is 5.60. The third-order valence-corrected chi connectivity index (χ3v) is 3.89. The first-order valence-electron chi connectivity index (χ1n) is 7.03. The van der Waals surface area contributed by atoms with Crippen molar-refractivity contribution in [2.75, 3.05) is 18.0 Å². The van der Waals surface area contributed by atoms with Gasteiger partial charge in [0.05, 0.1) is 6.54 Å². The van der Waals surface area contributed by atoms with Crippen molar-refractivity contribution in [3.63, 3.8) is 0 Å². The molecule has 0 radical (unpaired) electrons. The summed E-state index contributed by atoms with van der Waals surface area (Å²) in [4.78, 5) is 13.7. The number of nitrogens with two attached hydrogens (primary N) is 1. The summed E-state index contributed by atoms with van der Waals surface area (Å²) in [7, 11) is 0. The molecule has 1 unspecified atom stereocenters. The Morgan fingerprint density at radius 3 is 2.95 bits per heavy atom. The van der Waals surface area contributed by atoms with Crippen LogP contribution in [0.3, 0.4) is 0 Å². The molecule has 0 saturated carbocycles. The topological polar surface area (TPSA) is 79.7 Å². The highest BCUT2D eigenvalue weighted by Crippen LogP contribution is 2.38. The van der Waals surface area contributed by atoms with Crippen LogP contribution in [0.25, 0.3) is 0 Å². The summed E-state index contributed by atoms with van der Waals surface area (Å²) in [6.07, 6.45) is 2.03. The van der Waals surface area contributed by atoms with E-state index in [0.717, 1.165) is 24.9 Å². The van der Waals surface area contributed by atoms with Crippen LogP contribution in [0.15, 0.2) is 45.8 Å². The van der Waals surface area contributed by atoms with Crippen LogP contribution in [0, 0.1) is 0 Å². The number of rotatable bonds is 4. The van der Waals surface area contributed by atoms with Crippen LogP contribution in [0.5, 0.6) is 5.75 Å². The highest BCUT2D eigenvalue weighted by atomic mass is 16.4. The number of fused-ring (bicyclic) bond motifs is 1. The molecule has 0 saturated heterocycles. The van der Waals surface area contributed by atoms with Crippen LogP contribution in [-0.4, -0.2) is 18.2 Å². The second kappa shape index (κ2) is 5.61. The number of hydrogen-bond acceptors (Lipinski definition) is 5. The lowest BCUT2D eigenvalue weighted by atomic mass is 9.98. The Balaban J connectivity index is 1.86. The average Bonchev–Trinajstić information content (AvgIpc) is 2.82. The summed E-state index contributed by atoms with van der Waals surface area (Å²) in [5.74, 6) is 0.595. The van der Waals surface area contributed by atoms with E-state index in [4.69, 9.17) is 10.2 Å². The molecule has 0 amide bonds. The van der Waals surface area contributed by atoms with Gasteiger partial charge in [0.25, 0.3) is 0 Å². The lowest BCUT2D eigenvalue weighted by Crippen LogP contribution is -2.22. The Labute approximate surface area is 122 Å². The largest absolute Gasteiger partial charge is 0.502 e. The van der Waals surface area contributed by atoms with E-state index in [1.807, 2.05) is 12.1 Å². The molecule has 5 nitrogen and oxygen atoms in total. The van der Waals surface area contributed by atoms with Gasteiger partial charge in [-0.1, -0.05) is 18.2 Å². The first-order valence-corrected chi connectivity index (χ1v) is 7.03. The van der Waals surface area contributed by atoms with Crippen molar-refractivity contribution in [1.82, 2.24) is 0 Å². The van der Waals surface area contributed by atoms with Crippen molar-refractivity contribution < 1.29 is 9.52 Å². The number of nitrogens with zero attached hydrogens (tertiary/aromatic N) is 1. The summed E-state index contributed by atoms with van der Waals surface area (Å²) in [6.45, 7) is 2.02. The molecule has 0 fully saturated rings. The predicted molar refractivity (Wildman–Crippen MR) is 80.5 cm³/mol. The fourth-order valence-corrected chi connectivity index (χ4v) is 2.90. The molecule has 3 N–H and O–H groups in total. The average molecular weight is 286 g/mol. The van der Waals surface area contributed by atoms with Crippen LogP contribution in [0.4, 0.5) is 5.69 Å². The minimum atomic E-state index is -0.415. The summed E-state index contributed by atoms with van der Waals surface area (Å²) >= 11 is 0. The molecule has 0 bridgehead atoms. The molecule has 1 aromatic heterocycles. The molecule has 1 aliphatic rings. The van der Waals surface area contributed by atoms with Crippen LogP contribution in [0.1, 0.15) is 23.7 Å². The van der Waals surface area contributed by atoms with Gasteiger partial charge in [0.15, 0.2) is 5.75 Å². The summed E-state index contributed by atoms with van der Waals surface area (Å²) < 4.78 is 5.29. The zero-order valence-electron chi connectivity index (χ0n) is 11.7. The zero-order chi connectivity index (χ0) is 14.8. The van der Waals surface area contributed by atoms with Crippen molar-refractivity contribution in [2.45, 2.75) is 18.9 Å². The predicted octanol–water partition coefficient (Wildman–Crippen LogP) is 1.80. The molecular formula is C16H18N2O3. The molecule has 2 aromatic rings.